The fourth-order valence-electron chi connectivity index (χ4n) is 2.22. The molecule has 2 rings (SSSR count). The Morgan fingerprint density at radius 2 is 2.15 bits per heavy atom. The first-order valence-electron chi connectivity index (χ1n) is 6.25. The van der Waals surface area contributed by atoms with Gasteiger partial charge in [-0.2, -0.15) is 0 Å². The van der Waals surface area contributed by atoms with Gasteiger partial charge < -0.3 is 15.3 Å². The number of likely N-dealkylation sites (tertiary alicyclic amines) is 1. The van der Waals surface area contributed by atoms with Crippen molar-refractivity contribution in [3.8, 4) is 0 Å². The third-order valence-electron chi connectivity index (χ3n) is 3.24. The lowest BCUT2D eigenvalue weighted by atomic mass is 10.0. The molecule has 0 spiro atoms. The lowest BCUT2D eigenvalue weighted by molar-refractivity contribution is -0.143. The highest BCUT2D eigenvalue weighted by atomic mass is 35.5. The van der Waals surface area contributed by atoms with Crippen LogP contribution >= 0.6 is 11.6 Å². The largest absolute Gasteiger partial charge is 0.480 e. The highest BCUT2D eigenvalue weighted by Gasteiger charge is 2.32. The zero-order valence-corrected chi connectivity index (χ0v) is 11.4. The summed E-state index contributed by atoms with van der Waals surface area (Å²) in [6.45, 7) is 0.338. The lowest BCUT2D eigenvalue weighted by Crippen LogP contribution is -2.49. The molecule has 0 saturated carbocycles. The molecule has 1 aromatic carbocycles. The number of anilines is 1. The number of halogens is 2. The molecule has 0 radical (unpaired) electrons. The van der Waals surface area contributed by atoms with Crippen LogP contribution < -0.4 is 5.32 Å². The number of aliphatic carboxylic acids is 1. The molecule has 2 N–H and O–H groups in total. The SMILES string of the molecule is O=C(O)C1CCCCN1C(=O)Nc1cccc(Cl)c1F. The molecule has 5 nitrogen and oxygen atoms in total. The van der Waals surface area contributed by atoms with Crippen molar-refractivity contribution in [2.75, 3.05) is 11.9 Å². The molecule has 1 aromatic rings. The molecule has 1 unspecified atom stereocenters. The summed E-state index contributed by atoms with van der Waals surface area (Å²) in [5, 5.41) is 11.4. The second-order valence-corrected chi connectivity index (χ2v) is 4.98. The summed E-state index contributed by atoms with van der Waals surface area (Å²) in [5.41, 5.74) is -0.0581. The minimum atomic E-state index is -1.05. The molecule has 1 aliphatic rings. The predicted molar refractivity (Wildman–Crippen MR) is 72.4 cm³/mol. The third kappa shape index (κ3) is 3.01. The molecular formula is C13H14ClFN2O3. The Kier molecular flexibility index (Phi) is 4.44. The zero-order chi connectivity index (χ0) is 14.7. The highest BCUT2D eigenvalue weighted by Crippen LogP contribution is 2.24. The Morgan fingerprint density at radius 3 is 2.85 bits per heavy atom. The molecule has 1 aliphatic heterocycles. The van der Waals surface area contributed by atoms with Gasteiger partial charge in [0.2, 0.25) is 0 Å². The molecular weight excluding hydrogens is 287 g/mol. The van der Waals surface area contributed by atoms with E-state index in [1.165, 1.54) is 23.1 Å². The molecule has 7 heteroatoms. The van der Waals surface area contributed by atoms with Gasteiger partial charge in [-0.25, -0.2) is 14.0 Å². The lowest BCUT2D eigenvalue weighted by Gasteiger charge is -2.32. The summed E-state index contributed by atoms with van der Waals surface area (Å²) in [5.74, 6) is -1.78. The van der Waals surface area contributed by atoms with Crippen molar-refractivity contribution in [3.63, 3.8) is 0 Å². The number of nitrogens with zero attached hydrogens (tertiary/aromatic N) is 1. The maximum absolute atomic E-state index is 13.7. The van der Waals surface area contributed by atoms with Crippen LogP contribution in [-0.4, -0.2) is 34.6 Å². The van der Waals surface area contributed by atoms with Crippen LogP contribution in [0, 0.1) is 5.82 Å². The Balaban J connectivity index is 2.14. The number of amides is 2. The number of carbonyl (C=O) groups is 2. The van der Waals surface area contributed by atoms with Crippen molar-refractivity contribution in [2.24, 2.45) is 0 Å². The summed E-state index contributed by atoms with van der Waals surface area (Å²) in [7, 11) is 0. The number of hydrogen-bond donors (Lipinski definition) is 2. The normalized spacial score (nSPS) is 18.7. The first kappa shape index (κ1) is 14.6. The van der Waals surface area contributed by atoms with Gasteiger partial charge in [0, 0.05) is 6.54 Å². The minimum absolute atomic E-state index is 0.0581. The van der Waals surface area contributed by atoms with E-state index in [1.807, 2.05) is 0 Å². The summed E-state index contributed by atoms with van der Waals surface area (Å²) in [4.78, 5) is 24.4. The molecule has 1 heterocycles. The number of rotatable bonds is 2. The Bertz CT molecular complexity index is 538. The summed E-state index contributed by atoms with van der Waals surface area (Å²) >= 11 is 5.63. The first-order chi connectivity index (χ1) is 9.50. The van der Waals surface area contributed by atoms with Crippen LogP contribution in [0.1, 0.15) is 19.3 Å². The number of benzene rings is 1. The second kappa shape index (κ2) is 6.09. The van der Waals surface area contributed by atoms with Crippen LogP contribution in [0.25, 0.3) is 0 Å². The number of nitrogens with one attached hydrogen (secondary N) is 1. The molecule has 0 aromatic heterocycles. The van der Waals surface area contributed by atoms with E-state index in [4.69, 9.17) is 16.7 Å². The molecule has 20 heavy (non-hydrogen) atoms. The first-order valence-corrected chi connectivity index (χ1v) is 6.63. The summed E-state index contributed by atoms with van der Waals surface area (Å²) in [6, 6.07) is 2.75. The molecule has 1 atom stereocenters. The molecule has 0 aliphatic carbocycles. The molecule has 108 valence electrons. The fourth-order valence-corrected chi connectivity index (χ4v) is 2.39. The van der Waals surface area contributed by atoms with Crippen molar-refractivity contribution in [2.45, 2.75) is 25.3 Å². The smallest absolute Gasteiger partial charge is 0.326 e. The number of carboxylic acids is 1. The van der Waals surface area contributed by atoms with Gasteiger partial charge in [-0.15, -0.1) is 0 Å². The highest BCUT2D eigenvalue weighted by molar-refractivity contribution is 6.31. The van der Waals surface area contributed by atoms with Crippen molar-refractivity contribution in [3.05, 3.63) is 29.0 Å². The Morgan fingerprint density at radius 1 is 1.40 bits per heavy atom. The van der Waals surface area contributed by atoms with E-state index >= 15 is 0 Å². The molecule has 1 fully saturated rings. The topological polar surface area (TPSA) is 69.6 Å². The third-order valence-corrected chi connectivity index (χ3v) is 3.53. The van der Waals surface area contributed by atoms with Crippen LogP contribution in [0.15, 0.2) is 18.2 Å². The van der Waals surface area contributed by atoms with Gasteiger partial charge in [-0.3, -0.25) is 0 Å². The average Bonchev–Trinajstić information content (AvgIpc) is 2.43. The van der Waals surface area contributed by atoms with Crippen LogP contribution in [-0.2, 0) is 4.79 Å². The van der Waals surface area contributed by atoms with Gasteiger partial charge in [-0.05, 0) is 31.4 Å². The predicted octanol–water partition coefficient (Wildman–Crippen LogP) is 2.95. The zero-order valence-electron chi connectivity index (χ0n) is 10.6. The van der Waals surface area contributed by atoms with E-state index < -0.39 is 23.9 Å². The minimum Gasteiger partial charge on any atom is -0.480 e. The van der Waals surface area contributed by atoms with Gasteiger partial charge in [0.1, 0.15) is 6.04 Å². The van der Waals surface area contributed by atoms with Crippen LogP contribution in [0.4, 0.5) is 14.9 Å². The fraction of sp³-hybridized carbons (Fsp3) is 0.385. The van der Waals surface area contributed by atoms with Crippen molar-refractivity contribution >= 4 is 29.3 Å². The monoisotopic (exact) mass is 300 g/mol. The van der Waals surface area contributed by atoms with E-state index in [1.54, 1.807) is 0 Å². The van der Waals surface area contributed by atoms with Crippen molar-refractivity contribution < 1.29 is 19.1 Å². The molecule has 0 bridgehead atoms. The number of carbonyl (C=O) groups excluding carboxylic acids is 1. The van der Waals surface area contributed by atoms with Crippen molar-refractivity contribution in [1.29, 1.82) is 0 Å². The number of piperidine rings is 1. The average molecular weight is 301 g/mol. The second-order valence-electron chi connectivity index (χ2n) is 4.57. The number of carboxylic acid groups (broad SMARTS) is 1. The van der Waals surface area contributed by atoms with E-state index in [0.29, 0.717) is 13.0 Å². The van der Waals surface area contributed by atoms with E-state index in [9.17, 15) is 14.0 Å². The van der Waals surface area contributed by atoms with Gasteiger partial charge in [-0.1, -0.05) is 17.7 Å². The van der Waals surface area contributed by atoms with Gasteiger partial charge >= 0.3 is 12.0 Å². The maximum Gasteiger partial charge on any atom is 0.326 e. The van der Waals surface area contributed by atoms with Crippen LogP contribution in [0.3, 0.4) is 0 Å². The molecule has 2 amide bonds. The maximum atomic E-state index is 13.7. The van der Waals surface area contributed by atoms with Gasteiger partial charge in [0.05, 0.1) is 10.7 Å². The quantitative estimate of drug-likeness (QED) is 0.882. The van der Waals surface area contributed by atoms with Gasteiger partial charge in [0.15, 0.2) is 5.82 Å². The Labute approximate surface area is 120 Å². The summed E-state index contributed by atoms with van der Waals surface area (Å²) in [6.07, 6.45) is 1.89. The number of hydrogen-bond acceptors (Lipinski definition) is 2. The Hall–Kier alpha value is -1.82. The molecule has 1 saturated heterocycles. The van der Waals surface area contributed by atoms with E-state index in [2.05, 4.69) is 5.32 Å². The van der Waals surface area contributed by atoms with E-state index in [-0.39, 0.29) is 10.7 Å². The van der Waals surface area contributed by atoms with Gasteiger partial charge in [0.25, 0.3) is 0 Å². The number of urea groups is 1. The van der Waals surface area contributed by atoms with Crippen LogP contribution in [0.5, 0.6) is 0 Å². The summed E-state index contributed by atoms with van der Waals surface area (Å²) < 4.78 is 13.7. The van der Waals surface area contributed by atoms with Crippen LogP contribution in [0.2, 0.25) is 5.02 Å². The standard InChI is InChI=1S/C13H14ClFN2O3/c14-8-4-3-5-9(11(8)15)16-13(20)17-7-2-1-6-10(17)12(18)19/h3-5,10H,1-2,6-7H2,(H,16,20)(H,18,19). The van der Waals surface area contributed by atoms with E-state index in [0.717, 1.165) is 12.8 Å². The van der Waals surface area contributed by atoms with Crippen molar-refractivity contribution in [1.82, 2.24) is 4.90 Å².